The Balaban J connectivity index is 2.47. The molecule has 11 heavy (non-hydrogen) atoms. The fourth-order valence-electron chi connectivity index (χ4n) is 1.88. The maximum Gasteiger partial charge on any atom is 0.0499 e. The lowest BCUT2D eigenvalue weighted by molar-refractivity contribution is 0.184. The standard InChI is InChI=1S/C9H16O2/c1-7-2-3-8(4-5-10)9(7)6-11/h8-11H,1-6H2/t8-,9+/m1/s1. The maximum absolute atomic E-state index is 8.99. The molecule has 0 bridgehead atoms. The van der Waals surface area contributed by atoms with Crippen molar-refractivity contribution in [1.29, 1.82) is 0 Å². The van der Waals surface area contributed by atoms with E-state index in [1.165, 1.54) is 0 Å². The Bertz CT molecular complexity index is 142. The predicted molar refractivity (Wildman–Crippen MR) is 44.1 cm³/mol. The molecule has 1 fully saturated rings. The Morgan fingerprint density at radius 1 is 1.45 bits per heavy atom. The van der Waals surface area contributed by atoms with E-state index in [4.69, 9.17) is 10.2 Å². The molecule has 0 radical (unpaired) electrons. The van der Waals surface area contributed by atoms with Crippen LogP contribution in [-0.4, -0.2) is 23.4 Å². The van der Waals surface area contributed by atoms with Crippen LogP contribution in [0.5, 0.6) is 0 Å². The molecule has 0 aromatic heterocycles. The highest BCUT2D eigenvalue weighted by molar-refractivity contribution is 5.08. The molecule has 0 spiro atoms. The molecular weight excluding hydrogens is 140 g/mol. The first-order valence-electron chi connectivity index (χ1n) is 4.19. The first-order valence-corrected chi connectivity index (χ1v) is 4.19. The molecule has 64 valence electrons. The molecule has 0 unspecified atom stereocenters. The Kier molecular flexibility index (Phi) is 3.09. The van der Waals surface area contributed by atoms with Crippen LogP contribution >= 0.6 is 0 Å². The second-order valence-electron chi connectivity index (χ2n) is 3.26. The van der Waals surface area contributed by atoms with Crippen LogP contribution < -0.4 is 0 Å². The summed E-state index contributed by atoms with van der Waals surface area (Å²) in [6.45, 7) is 4.33. The monoisotopic (exact) mass is 156 g/mol. The van der Waals surface area contributed by atoms with Crippen molar-refractivity contribution in [3.05, 3.63) is 12.2 Å². The average molecular weight is 156 g/mol. The Hall–Kier alpha value is -0.340. The molecule has 2 atom stereocenters. The first-order chi connectivity index (χ1) is 5.29. The van der Waals surface area contributed by atoms with Gasteiger partial charge in [-0.25, -0.2) is 0 Å². The van der Waals surface area contributed by atoms with Gasteiger partial charge in [0.25, 0.3) is 0 Å². The summed E-state index contributed by atoms with van der Waals surface area (Å²) in [5.74, 6) is 0.722. The van der Waals surface area contributed by atoms with E-state index in [1.54, 1.807) is 0 Å². The van der Waals surface area contributed by atoms with Crippen molar-refractivity contribution >= 4 is 0 Å². The zero-order valence-corrected chi connectivity index (χ0v) is 6.79. The van der Waals surface area contributed by atoms with E-state index < -0.39 is 0 Å². The van der Waals surface area contributed by atoms with Crippen LogP contribution in [0.4, 0.5) is 0 Å². The van der Waals surface area contributed by atoms with Gasteiger partial charge in [0.05, 0.1) is 0 Å². The van der Waals surface area contributed by atoms with E-state index in [2.05, 4.69) is 6.58 Å². The van der Waals surface area contributed by atoms with Gasteiger partial charge in [-0.1, -0.05) is 12.2 Å². The normalized spacial score (nSPS) is 31.3. The second kappa shape index (κ2) is 3.88. The van der Waals surface area contributed by atoms with Crippen LogP contribution in [0.3, 0.4) is 0 Å². The summed E-state index contributed by atoms with van der Waals surface area (Å²) in [5, 5.41) is 17.7. The highest BCUT2D eigenvalue weighted by atomic mass is 16.3. The SMILES string of the molecule is C=C1CC[C@H](CCO)[C@H]1CO. The van der Waals surface area contributed by atoms with Gasteiger partial charge in [-0.2, -0.15) is 0 Å². The van der Waals surface area contributed by atoms with E-state index in [-0.39, 0.29) is 19.1 Å². The van der Waals surface area contributed by atoms with Crippen molar-refractivity contribution in [3.63, 3.8) is 0 Å². The zero-order chi connectivity index (χ0) is 8.27. The summed E-state index contributed by atoms with van der Waals surface area (Å²) in [4.78, 5) is 0. The van der Waals surface area contributed by atoms with Crippen molar-refractivity contribution in [2.24, 2.45) is 11.8 Å². The molecule has 1 rings (SSSR count). The third-order valence-electron chi connectivity index (χ3n) is 2.63. The van der Waals surface area contributed by atoms with Crippen LogP contribution in [0.2, 0.25) is 0 Å². The number of aliphatic hydroxyl groups is 2. The zero-order valence-electron chi connectivity index (χ0n) is 6.79. The van der Waals surface area contributed by atoms with Gasteiger partial charge < -0.3 is 10.2 Å². The minimum absolute atomic E-state index is 0.198. The number of aliphatic hydroxyl groups excluding tert-OH is 2. The smallest absolute Gasteiger partial charge is 0.0499 e. The van der Waals surface area contributed by atoms with Gasteiger partial charge >= 0.3 is 0 Å². The lowest BCUT2D eigenvalue weighted by atomic mass is 9.92. The Morgan fingerprint density at radius 3 is 2.73 bits per heavy atom. The van der Waals surface area contributed by atoms with E-state index >= 15 is 0 Å². The molecule has 1 aliphatic rings. The maximum atomic E-state index is 8.99. The van der Waals surface area contributed by atoms with Gasteiger partial charge in [0.1, 0.15) is 0 Å². The number of hydrogen-bond donors (Lipinski definition) is 2. The summed E-state index contributed by atoms with van der Waals surface area (Å²) in [6.07, 6.45) is 2.92. The van der Waals surface area contributed by atoms with Crippen LogP contribution in [0, 0.1) is 11.8 Å². The van der Waals surface area contributed by atoms with E-state index in [9.17, 15) is 0 Å². The molecule has 0 heterocycles. The fourth-order valence-corrected chi connectivity index (χ4v) is 1.88. The molecule has 2 heteroatoms. The minimum Gasteiger partial charge on any atom is -0.396 e. The molecule has 0 aromatic carbocycles. The molecular formula is C9H16O2. The quantitative estimate of drug-likeness (QED) is 0.597. The van der Waals surface area contributed by atoms with Crippen molar-refractivity contribution in [1.82, 2.24) is 0 Å². The van der Waals surface area contributed by atoms with Crippen LogP contribution in [-0.2, 0) is 0 Å². The Morgan fingerprint density at radius 2 is 2.18 bits per heavy atom. The lowest BCUT2D eigenvalue weighted by Crippen LogP contribution is -2.14. The molecule has 0 aliphatic heterocycles. The lowest BCUT2D eigenvalue weighted by Gasteiger charge is -2.16. The van der Waals surface area contributed by atoms with E-state index in [1.807, 2.05) is 0 Å². The number of hydrogen-bond acceptors (Lipinski definition) is 2. The van der Waals surface area contributed by atoms with Crippen molar-refractivity contribution in [2.75, 3.05) is 13.2 Å². The Labute approximate surface area is 67.6 Å². The van der Waals surface area contributed by atoms with Gasteiger partial charge in [-0.05, 0) is 25.2 Å². The van der Waals surface area contributed by atoms with Crippen molar-refractivity contribution in [2.45, 2.75) is 19.3 Å². The topological polar surface area (TPSA) is 40.5 Å². The fraction of sp³-hybridized carbons (Fsp3) is 0.778. The molecule has 2 nitrogen and oxygen atoms in total. The third-order valence-corrected chi connectivity index (χ3v) is 2.63. The molecule has 1 aliphatic carbocycles. The summed E-state index contributed by atoms with van der Waals surface area (Å²) < 4.78 is 0. The summed E-state index contributed by atoms with van der Waals surface area (Å²) in [6, 6.07) is 0. The van der Waals surface area contributed by atoms with Gasteiger partial charge in [-0.15, -0.1) is 0 Å². The second-order valence-corrected chi connectivity index (χ2v) is 3.26. The minimum atomic E-state index is 0.198. The molecule has 0 aromatic rings. The largest absolute Gasteiger partial charge is 0.396 e. The molecule has 1 saturated carbocycles. The molecule has 0 saturated heterocycles. The predicted octanol–water partition coefficient (Wildman–Crippen LogP) is 0.944. The third kappa shape index (κ3) is 1.82. The highest BCUT2D eigenvalue weighted by Gasteiger charge is 2.28. The highest BCUT2D eigenvalue weighted by Crippen LogP contribution is 2.36. The van der Waals surface area contributed by atoms with Crippen molar-refractivity contribution < 1.29 is 10.2 Å². The van der Waals surface area contributed by atoms with Crippen LogP contribution in [0.1, 0.15) is 19.3 Å². The average Bonchev–Trinajstić information content (AvgIpc) is 2.33. The summed E-state index contributed by atoms with van der Waals surface area (Å²) in [5.41, 5.74) is 1.16. The number of rotatable bonds is 3. The molecule has 2 N–H and O–H groups in total. The summed E-state index contributed by atoms with van der Waals surface area (Å²) in [7, 11) is 0. The van der Waals surface area contributed by atoms with Crippen LogP contribution in [0.25, 0.3) is 0 Å². The van der Waals surface area contributed by atoms with Gasteiger partial charge in [0.15, 0.2) is 0 Å². The molecule has 0 amide bonds. The summed E-state index contributed by atoms with van der Waals surface area (Å²) >= 11 is 0. The van der Waals surface area contributed by atoms with Gasteiger partial charge in [-0.3, -0.25) is 0 Å². The van der Waals surface area contributed by atoms with E-state index in [0.717, 1.165) is 24.8 Å². The van der Waals surface area contributed by atoms with Gasteiger partial charge in [0.2, 0.25) is 0 Å². The van der Waals surface area contributed by atoms with Gasteiger partial charge in [0, 0.05) is 19.1 Å². The van der Waals surface area contributed by atoms with Crippen LogP contribution in [0.15, 0.2) is 12.2 Å². The first kappa shape index (κ1) is 8.75. The van der Waals surface area contributed by atoms with E-state index in [0.29, 0.717) is 5.92 Å². The van der Waals surface area contributed by atoms with Crippen molar-refractivity contribution in [3.8, 4) is 0 Å².